The minimum atomic E-state index is 0.289. The van der Waals surface area contributed by atoms with Crippen molar-refractivity contribution in [3.8, 4) is 0 Å². The summed E-state index contributed by atoms with van der Waals surface area (Å²) in [6.07, 6.45) is 10.1. The molecule has 0 radical (unpaired) electrons. The molecule has 3 heteroatoms. The molecule has 0 aromatic heterocycles. The predicted molar refractivity (Wildman–Crippen MR) is 52.0 cm³/mol. The van der Waals surface area contributed by atoms with E-state index in [4.69, 9.17) is 0 Å². The lowest BCUT2D eigenvalue weighted by Gasteiger charge is -2.22. The van der Waals surface area contributed by atoms with E-state index in [1.807, 2.05) is 45.7 Å². The standard InChI is InChI=1S/C9H15N3/c1-11(2)10-8-9-6-4-5-7-12(9)3/h4-9H,1-3H3/b10-8+. The van der Waals surface area contributed by atoms with Gasteiger partial charge < -0.3 is 9.91 Å². The molecule has 12 heavy (non-hydrogen) atoms. The second-order valence-electron chi connectivity index (χ2n) is 2.99. The van der Waals surface area contributed by atoms with E-state index in [0.29, 0.717) is 0 Å². The summed E-state index contributed by atoms with van der Waals surface area (Å²) in [6.45, 7) is 0. The summed E-state index contributed by atoms with van der Waals surface area (Å²) in [6, 6.07) is 0.289. The van der Waals surface area contributed by atoms with Crippen LogP contribution in [0.5, 0.6) is 0 Å². The first kappa shape index (κ1) is 8.84. The molecule has 0 saturated heterocycles. The van der Waals surface area contributed by atoms with Crippen LogP contribution in [0.3, 0.4) is 0 Å². The summed E-state index contributed by atoms with van der Waals surface area (Å²) in [5, 5.41) is 5.97. The van der Waals surface area contributed by atoms with Crippen molar-refractivity contribution < 1.29 is 0 Å². The van der Waals surface area contributed by atoms with Crippen molar-refractivity contribution in [2.24, 2.45) is 5.10 Å². The number of nitrogens with zero attached hydrogens (tertiary/aromatic N) is 3. The lowest BCUT2D eigenvalue weighted by Crippen LogP contribution is -2.28. The second-order valence-corrected chi connectivity index (χ2v) is 2.99. The van der Waals surface area contributed by atoms with Crippen LogP contribution in [0.25, 0.3) is 0 Å². The van der Waals surface area contributed by atoms with E-state index in [0.717, 1.165) is 0 Å². The maximum Gasteiger partial charge on any atom is 0.0840 e. The smallest absolute Gasteiger partial charge is 0.0840 e. The number of hydrogen-bond acceptors (Lipinski definition) is 3. The maximum atomic E-state index is 4.18. The van der Waals surface area contributed by atoms with E-state index in [-0.39, 0.29) is 6.04 Å². The molecule has 0 amide bonds. The molecule has 1 heterocycles. The van der Waals surface area contributed by atoms with Gasteiger partial charge in [0.25, 0.3) is 0 Å². The van der Waals surface area contributed by atoms with Crippen LogP contribution >= 0.6 is 0 Å². The predicted octanol–water partition coefficient (Wildman–Crippen LogP) is 0.918. The van der Waals surface area contributed by atoms with Gasteiger partial charge >= 0.3 is 0 Å². The Balaban J connectivity index is 2.52. The van der Waals surface area contributed by atoms with E-state index in [1.165, 1.54) is 0 Å². The number of rotatable bonds is 2. The van der Waals surface area contributed by atoms with Crippen LogP contribution in [-0.4, -0.2) is 43.3 Å². The Hall–Kier alpha value is -1.25. The van der Waals surface area contributed by atoms with E-state index in [1.54, 1.807) is 5.01 Å². The van der Waals surface area contributed by atoms with Gasteiger partial charge in [0, 0.05) is 21.1 Å². The van der Waals surface area contributed by atoms with Crippen molar-refractivity contribution in [3.05, 3.63) is 24.4 Å². The molecule has 1 unspecified atom stereocenters. The van der Waals surface area contributed by atoms with Crippen molar-refractivity contribution in [1.82, 2.24) is 9.91 Å². The monoisotopic (exact) mass is 165 g/mol. The first-order valence-electron chi connectivity index (χ1n) is 3.98. The van der Waals surface area contributed by atoms with Gasteiger partial charge in [-0.3, -0.25) is 0 Å². The average Bonchev–Trinajstić information content (AvgIpc) is 2.03. The van der Waals surface area contributed by atoms with Gasteiger partial charge in [0.1, 0.15) is 0 Å². The van der Waals surface area contributed by atoms with Gasteiger partial charge in [0.15, 0.2) is 0 Å². The van der Waals surface area contributed by atoms with Crippen LogP contribution in [0.2, 0.25) is 0 Å². The Morgan fingerprint density at radius 2 is 2.17 bits per heavy atom. The normalized spacial score (nSPS) is 22.2. The third kappa shape index (κ3) is 2.42. The van der Waals surface area contributed by atoms with Crippen molar-refractivity contribution in [3.63, 3.8) is 0 Å². The number of hydrazone groups is 1. The Labute approximate surface area is 73.7 Å². The van der Waals surface area contributed by atoms with Crippen LogP contribution in [0.1, 0.15) is 0 Å². The quantitative estimate of drug-likeness (QED) is 0.447. The Morgan fingerprint density at radius 3 is 2.75 bits per heavy atom. The van der Waals surface area contributed by atoms with Gasteiger partial charge in [-0.2, -0.15) is 5.10 Å². The van der Waals surface area contributed by atoms with Crippen molar-refractivity contribution in [2.45, 2.75) is 6.04 Å². The molecule has 0 saturated carbocycles. The van der Waals surface area contributed by atoms with Crippen LogP contribution in [-0.2, 0) is 0 Å². The highest BCUT2D eigenvalue weighted by Gasteiger charge is 2.06. The fraction of sp³-hybridized carbons (Fsp3) is 0.444. The molecule has 0 aliphatic carbocycles. The molecule has 0 fully saturated rings. The van der Waals surface area contributed by atoms with Crippen LogP contribution in [0.4, 0.5) is 0 Å². The van der Waals surface area contributed by atoms with Crippen molar-refractivity contribution in [1.29, 1.82) is 0 Å². The number of likely N-dealkylation sites (N-methyl/N-ethyl adjacent to an activating group) is 1. The third-order valence-corrected chi connectivity index (χ3v) is 1.66. The second kappa shape index (κ2) is 3.95. The fourth-order valence-corrected chi connectivity index (χ4v) is 0.955. The van der Waals surface area contributed by atoms with Gasteiger partial charge in [-0.05, 0) is 12.3 Å². The van der Waals surface area contributed by atoms with E-state index >= 15 is 0 Å². The van der Waals surface area contributed by atoms with E-state index in [2.05, 4.69) is 16.1 Å². The number of allylic oxidation sites excluding steroid dienone is 2. The molecule has 0 spiro atoms. The van der Waals surface area contributed by atoms with E-state index < -0.39 is 0 Å². The van der Waals surface area contributed by atoms with Gasteiger partial charge in [0.2, 0.25) is 0 Å². The summed E-state index contributed by atoms with van der Waals surface area (Å²) in [4.78, 5) is 2.10. The highest BCUT2D eigenvalue weighted by atomic mass is 15.4. The SMILES string of the molecule is CN(C)/N=C/C1C=CC=CN1C. The first-order valence-corrected chi connectivity index (χ1v) is 3.98. The van der Waals surface area contributed by atoms with Crippen molar-refractivity contribution in [2.75, 3.05) is 21.1 Å². The molecule has 3 nitrogen and oxygen atoms in total. The van der Waals surface area contributed by atoms with Crippen LogP contribution in [0, 0.1) is 0 Å². The minimum Gasteiger partial charge on any atom is -0.369 e. The zero-order valence-electron chi connectivity index (χ0n) is 7.81. The van der Waals surface area contributed by atoms with Gasteiger partial charge in [-0.25, -0.2) is 0 Å². The molecule has 1 aliphatic rings. The Morgan fingerprint density at radius 1 is 1.42 bits per heavy atom. The summed E-state index contributed by atoms with van der Waals surface area (Å²) >= 11 is 0. The largest absolute Gasteiger partial charge is 0.369 e. The molecule has 0 aromatic rings. The molecule has 66 valence electrons. The average molecular weight is 165 g/mol. The lowest BCUT2D eigenvalue weighted by molar-refractivity contribution is 0.420. The topological polar surface area (TPSA) is 18.8 Å². The number of hydrogen-bond donors (Lipinski definition) is 0. The lowest BCUT2D eigenvalue weighted by atomic mass is 10.2. The van der Waals surface area contributed by atoms with Crippen molar-refractivity contribution >= 4 is 6.21 Å². The molecule has 0 aromatic carbocycles. The molecule has 0 bridgehead atoms. The highest BCUT2D eigenvalue weighted by Crippen LogP contribution is 2.02. The molecule has 1 rings (SSSR count). The first-order chi connectivity index (χ1) is 5.70. The van der Waals surface area contributed by atoms with E-state index in [9.17, 15) is 0 Å². The fourth-order valence-electron chi connectivity index (χ4n) is 0.955. The van der Waals surface area contributed by atoms with Gasteiger partial charge in [-0.15, -0.1) is 0 Å². The van der Waals surface area contributed by atoms with Gasteiger partial charge in [0.05, 0.1) is 12.3 Å². The zero-order valence-corrected chi connectivity index (χ0v) is 7.81. The Bertz CT molecular complexity index is 216. The third-order valence-electron chi connectivity index (χ3n) is 1.66. The molecule has 1 aliphatic heterocycles. The minimum absolute atomic E-state index is 0.289. The summed E-state index contributed by atoms with van der Waals surface area (Å²) in [7, 11) is 5.87. The molecular weight excluding hydrogens is 150 g/mol. The molecular formula is C9H15N3. The summed E-state index contributed by atoms with van der Waals surface area (Å²) < 4.78 is 0. The van der Waals surface area contributed by atoms with Crippen LogP contribution < -0.4 is 0 Å². The van der Waals surface area contributed by atoms with Crippen LogP contribution in [0.15, 0.2) is 29.5 Å². The summed E-state index contributed by atoms with van der Waals surface area (Å²) in [5.41, 5.74) is 0. The maximum absolute atomic E-state index is 4.18. The highest BCUT2D eigenvalue weighted by molar-refractivity contribution is 5.67. The Kier molecular flexibility index (Phi) is 2.91. The zero-order chi connectivity index (χ0) is 8.97. The molecule has 0 N–H and O–H groups in total. The summed E-state index contributed by atoms with van der Waals surface area (Å²) in [5.74, 6) is 0. The molecule has 1 atom stereocenters. The van der Waals surface area contributed by atoms with Gasteiger partial charge in [-0.1, -0.05) is 12.2 Å².